The minimum absolute atomic E-state index is 0.125. The molecular weight excluding hydrogens is 460 g/mol. The lowest BCUT2D eigenvalue weighted by Gasteiger charge is -2.13. The summed E-state index contributed by atoms with van der Waals surface area (Å²) < 4.78 is 112. The molecule has 11 heteroatoms. The highest BCUT2D eigenvalue weighted by molar-refractivity contribution is 7.92. The molecule has 3 rings (SSSR count). The van der Waals surface area contributed by atoms with Gasteiger partial charge in [-0.2, -0.15) is 13.2 Å². The molecule has 0 aliphatic carbocycles. The maximum atomic E-state index is 14.3. The van der Waals surface area contributed by atoms with Gasteiger partial charge in [0.2, 0.25) is 6.36 Å². The lowest BCUT2D eigenvalue weighted by molar-refractivity contribution is -0.137. The second-order valence-corrected chi connectivity index (χ2v) is 8.34. The maximum Gasteiger partial charge on any atom is 0.416 e. The third-order valence-corrected chi connectivity index (χ3v) is 5.55. The van der Waals surface area contributed by atoms with Crippen LogP contribution in [0.5, 0.6) is 5.75 Å². The van der Waals surface area contributed by atoms with E-state index >= 15 is 0 Å². The van der Waals surface area contributed by atoms with Gasteiger partial charge in [-0.25, -0.2) is 21.6 Å². The van der Waals surface area contributed by atoms with Crippen LogP contribution >= 0.6 is 0 Å². The molecule has 32 heavy (non-hydrogen) atoms. The first kappa shape index (κ1) is 23.5. The van der Waals surface area contributed by atoms with Gasteiger partial charge >= 0.3 is 6.18 Å². The number of hydrogen-bond acceptors (Lipinski definition) is 3. The van der Waals surface area contributed by atoms with Crippen molar-refractivity contribution in [2.45, 2.75) is 24.4 Å². The van der Waals surface area contributed by atoms with Gasteiger partial charge in [0.1, 0.15) is 17.4 Å². The molecule has 170 valence electrons. The first-order valence-electron chi connectivity index (χ1n) is 8.96. The van der Waals surface area contributed by atoms with Gasteiger partial charge < -0.3 is 4.74 Å². The van der Waals surface area contributed by atoms with Crippen LogP contribution in [0.2, 0.25) is 0 Å². The molecule has 3 aromatic carbocycles. The number of ether oxygens (including phenoxy) is 1. The Kier molecular flexibility index (Phi) is 6.40. The van der Waals surface area contributed by atoms with Gasteiger partial charge in [0.25, 0.3) is 10.0 Å². The number of hydrogen-bond donors (Lipinski definition) is 1. The standard InChI is InChI=1S/C21H15F6NO3S/c1-12(22)31-17-8-14(7-16(23)11-17)13-5-6-19(24)20(9-13)28-32(29,30)18-4-2-3-15(10-18)21(25,26)27/h2-12,28H,1H3. The zero-order valence-electron chi connectivity index (χ0n) is 16.3. The van der Waals surface area contributed by atoms with Crippen LogP contribution in [0, 0.1) is 11.6 Å². The normalized spacial score (nSPS) is 13.0. The highest BCUT2D eigenvalue weighted by Gasteiger charge is 2.31. The van der Waals surface area contributed by atoms with Gasteiger partial charge in [-0.3, -0.25) is 4.72 Å². The number of anilines is 1. The number of alkyl halides is 4. The molecule has 0 aromatic heterocycles. The SMILES string of the molecule is CC(F)Oc1cc(F)cc(-c2ccc(F)c(NS(=O)(=O)c3cccc(C(F)(F)F)c3)c2)c1. The van der Waals surface area contributed by atoms with Crippen molar-refractivity contribution < 1.29 is 39.5 Å². The van der Waals surface area contributed by atoms with E-state index < -0.39 is 50.3 Å². The van der Waals surface area contributed by atoms with E-state index in [-0.39, 0.29) is 16.9 Å². The van der Waals surface area contributed by atoms with E-state index in [0.29, 0.717) is 12.1 Å². The smallest absolute Gasteiger partial charge is 0.416 e. The van der Waals surface area contributed by atoms with Crippen LogP contribution in [0.15, 0.2) is 65.6 Å². The number of rotatable bonds is 6. The molecule has 1 atom stereocenters. The highest BCUT2D eigenvalue weighted by atomic mass is 32.2. The van der Waals surface area contributed by atoms with Gasteiger partial charge in [-0.05, 0) is 53.6 Å². The Morgan fingerprint density at radius 2 is 1.66 bits per heavy atom. The topological polar surface area (TPSA) is 55.4 Å². The number of benzene rings is 3. The lowest BCUT2D eigenvalue weighted by Crippen LogP contribution is -2.15. The van der Waals surface area contributed by atoms with E-state index in [2.05, 4.69) is 0 Å². The Morgan fingerprint density at radius 1 is 0.938 bits per heavy atom. The second kappa shape index (κ2) is 8.73. The molecule has 0 amide bonds. The van der Waals surface area contributed by atoms with Crippen molar-refractivity contribution in [1.82, 2.24) is 0 Å². The fourth-order valence-corrected chi connectivity index (χ4v) is 3.91. The van der Waals surface area contributed by atoms with Crippen LogP contribution < -0.4 is 9.46 Å². The molecule has 0 saturated carbocycles. The van der Waals surface area contributed by atoms with Crippen molar-refractivity contribution in [3.63, 3.8) is 0 Å². The summed E-state index contributed by atoms with van der Waals surface area (Å²) in [7, 11) is -4.59. The minimum Gasteiger partial charge on any atom is -0.461 e. The van der Waals surface area contributed by atoms with Crippen molar-refractivity contribution >= 4 is 15.7 Å². The molecule has 4 nitrogen and oxygen atoms in total. The summed E-state index contributed by atoms with van der Waals surface area (Å²) in [5, 5.41) is 0. The number of nitrogens with one attached hydrogen (secondary N) is 1. The predicted octanol–water partition coefficient (Wildman–Crippen LogP) is 6.15. The van der Waals surface area contributed by atoms with Crippen molar-refractivity contribution in [3.05, 3.63) is 77.9 Å². The second-order valence-electron chi connectivity index (χ2n) is 6.66. The Bertz CT molecular complexity index is 1240. The highest BCUT2D eigenvalue weighted by Crippen LogP contribution is 2.32. The molecule has 1 unspecified atom stereocenters. The molecule has 0 saturated heterocycles. The largest absolute Gasteiger partial charge is 0.461 e. The zero-order chi connectivity index (χ0) is 23.7. The van der Waals surface area contributed by atoms with Gasteiger partial charge in [-0.1, -0.05) is 12.1 Å². The van der Waals surface area contributed by atoms with Crippen LogP contribution in [0.3, 0.4) is 0 Å². The first-order chi connectivity index (χ1) is 14.8. The Morgan fingerprint density at radius 3 is 2.31 bits per heavy atom. The summed E-state index contributed by atoms with van der Waals surface area (Å²) in [6.45, 7) is 1.09. The van der Waals surface area contributed by atoms with E-state index in [1.807, 2.05) is 4.72 Å². The molecule has 0 spiro atoms. The summed E-state index contributed by atoms with van der Waals surface area (Å²) in [6, 6.07) is 9.31. The monoisotopic (exact) mass is 475 g/mol. The molecule has 3 aromatic rings. The summed E-state index contributed by atoms with van der Waals surface area (Å²) in [4.78, 5) is -0.726. The van der Waals surface area contributed by atoms with Gasteiger partial charge in [0.05, 0.1) is 16.1 Å². The average molecular weight is 475 g/mol. The fraction of sp³-hybridized carbons (Fsp3) is 0.143. The maximum absolute atomic E-state index is 14.3. The van der Waals surface area contributed by atoms with E-state index in [0.717, 1.165) is 43.3 Å². The van der Waals surface area contributed by atoms with Crippen LogP contribution in [0.4, 0.5) is 32.0 Å². The van der Waals surface area contributed by atoms with E-state index in [1.165, 1.54) is 12.1 Å². The number of halogens is 6. The fourth-order valence-electron chi connectivity index (χ4n) is 2.81. The van der Waals surface area contributed by atoms with Crippen molar-refractivity contribution in [3.8, 4) is 16.9 Å². The molecule has 0 radical (unpaired) electrons. The molecular formula is C21H15F6NO3S. The van der Waals surface area contributed by atoms with Gasteiger partial charge in [0, 0.05) is 13.0 Å². The first-order valence-corrected chi connectivity index (χ1v) is 10.4. The van der Waals surface area contributed by atoms with Crippen molar-refractivity contribution in [2.75, 3.05) is 4.72 Å². The summed E-state index contributed by atoms with van der Waals surface area (Å²) in [6.07, 6.45) is -6.50. The average Bonchev–Trinajstić information content (AvgIpc) is 2.68. The Hall–Kier alpha value is -3.21. The Balaban J connectivity index is 1.98. The summed E-state index contributed by atoms with van der Waals surface area (Å²) >= 11 is 0. The Labute approximate surface area is 179 Å². The lowest BCUT2D eigenvalue weighted by atomic mass is 10.0. The van der Waals surface area contributed by atoms with Crippen molar-refractivity contribution in [1.29, 1.82) is 0 Å². The van der Waals surface area contributed by atoms with Crippen LogP contribution in [-0.2, 0) is 16.2 Å². The number of sulfonamides is 1. The van der Waals surface area contributed by atoms with Gasteiger partial charge in [0.15, 0.2) is 0 Å². The molecule has 0 bridgehead atoms. The van der Waals surface area contributed by atoms with Crippen molar-refractivity contribution in [2.24, 2.45) is 0 Å². The van der Waals surface area contributed by atoms with E-state index in [9.17, 15) is 34.8 Å². The molecule has 0 heterocycles. The minimum atomic E-state index is -4.77. The van der Waals surface area contributed by atoms with Crippen LogP contribution in [0.1, 0.15) is 12.5 Å². The van der Waals surface area contributed by atoms with E-state index in [4.69, 9.17) is 4.74 Å². The molecule has 0 aliphatic rings. The summed E-state index contributed by atoms with van der Waals surface area (Å²) in [5.41, 5.74) is -1.50. The van der Waals surface area contributed by atoms with Crippen LogP contribution in [0.25, 0.3) is 11.1 Å². The molecule has 0 aliphatic heterocycles. The predicted molar refractivity (Wildman–Crippen MR) is 105 cm³/mol. The third-order valence-electron chi connectivity index (χ3n) is 4.19. The molecule has 0 fully saturated rings. The third kappa shape index (κ3) is 5.52. The quantitative estimate of drug-likeness (QED) is 0.436. The van der Waals surface area contributed by atoms with E-state index in [1.54, 1.807) is 0 Å². The summed E-state index contributed by atoms with van der Waals surface area (Å²) in [5.74, 6) is -1.95. The zero-order valence-corrected chi connectivity index (χ0v) is 17.1. The molecule has 1 N–H and O–H groups in total. The van der Waals surface area contributed by atoms with Crippen LogP contribution in [-0.4, -0.2) is 14.8 Å². The van der Waals surface area contributed by atoms with Gasteiger partial charge in [-0.15, -0.1) is 0 Å².